The highest BCUT2D eigenvalue weighted by Gasteiger charge is 2.05. The minimum Gasteiger partial charge on any atom is -0.388 e. The second-order valence-corrected chi connectivity index (χ2v) is 5.21. The summed E-state index contributed by atoms with van der Waals surface area (Å²) >= 11 is 4.97. The molecule has 0 fully saturated rings. The Morgan fingerprint density at radius 2 is 1.81 bits per heavy atom. The summed E-state index contributed by atoms with van der Waals surface area (Å²) < 4.78 is 0. The molecule has 0 saturated heterocycles. The summed E-state index contributed by atoms with van der Waals surface area (Å²) in [5, 5.41) is 5.54. The van der Waals surface area contributed by atoms with Crippen molar-refractivity contribution in [2.75, 3.05) is 5.32 Å². The number of fused-ring (bicyclic) bond motifs is 1. The lowest BCUT2D eigenvalue weighted by Crippen LogP contribution is -2.13. The zero-order chi connectivity index (χ0) is 14.8. The summed E-state index contributed by atoms with van der Waals surface area (Å²) in [7, 11) is 0. The number of rotatable bonds is 3. The van der Waals surface area contributed by atoms with E-state index in [1.807, 2.05) is 25.1 Å². The van der Waals surface area contributed by atoms with Crippen molar-refractivity contribution in [1.29, 1.82) is 0 Å². The van der Waals surface area contributed by atoms with E-state index in [0.717, 1.165) is 16.8 Å². The number of nitrogens with two attached hydrogens (primary N) is 1. The average molecular weight is 294 g/mol. The summed E-state index contributed by atoms with van der Waals surface area (Å²) in [4.78, 5) is 8.94. The minimum absolute atomic E-state index is 0.266. The first-order valence-electron chi connectivity index (χ1n) is 6.53. The molecule has 0 aliphatic rings. The van der Waals surface area contributed by atoms with Crippen LogP contribution in [0.1, 0.15) is 11.4 Å². The van der Waals surface area contributed by atoms with Crippen molar-refractivity contribution < 1.29 is 0 Å². The zero-order valence-electron chi connectivity index (χ0n) is 11.5. The fourth-order valence-corrected chi connectivity index (χ4v) is 2.25. The van der Waals surface area contributed by atoms with Crippen LogP contribution in [0, 0.1) is 6.92 Å². The Balaban J connectivity index is 1.96. The first kappa shape index (κ1) is 13.5. The molecule has 5 heteroatoms. The topological polar surface area (TPSA) is 63.8 Å². The van der Waals surface area contributed by atoms with Gasteiger partial charge in [0.2, 0.25) is 5.95 Å². The van der Waals surface area contributed by atoms with Gasteiger partial charge in [-0.3, -0.25) is 0 Å². The van der Waals surface area contributed by atoms with Crippen molar-refractivity contribution in [3.05, 3.63) is 59.9 Å². The average Bonchev–Trinajstić information content (AvgIpc) is 2.46. The monoisotopic (exact) mass is 294 g/mol. The van der Waals surface area contributed by atoms with E-state index in [0.29, 0.717) is 11.6 Å². The summed E-state index contributed by atoms with van der Waals surface area (Å²) in [6.45, 7) is 1.88. The van der Waals surface area contributed by atoms with Crippen molar-refractivity contribution in [1.82, 2.24) is 9.97 Å². The molecule has 0 amide bonds. The molecule has 0 aliphatic heterocycles. The molecule has 0 atom stereocenters. The van der Waals surface area contributed by atoms with Crippen molar-refractivity contribution in [2.24, 2.45) is 5.73 Å². The van der Waals surface area contributed by atoms with E-state index in [1.54, 1.807) is 6.07 Å². The molecule has 1 aromatic heterocycles. The van der Waals surface area contributed by atoms with Crippen molar-refractivity contribution in [3.8, 4) is 0 Å². The summed E-state index contributed by atoms with van der Waals surface area (Å²) in [5.41, 5.74) is 7.94. The van der Waals surface area contributed by atoms with Crippen LogP contribution >= 0.6 is 12.2 Å². The third kappa shape index (κ3) is 2.98. The lowest BCUT2D eigenvalue weighted by atomic mass is 10.1. The van der Waals surface area contributed by atoms with Gasteiger partial charge in [-0.05, 0) is 35.9 Å². The van der Waals surface area contributed by atoms with Gasteiger partial charge in [-0.25, -0.2) is 9.97 Å². The molecule has 0 bridgehead atoms. The van der Waals surface area contributed by atoms with Crippen molar-refractivity contribution >= 4 is 39.6 Å². The van der Waals surface area contributed by atoms with Gasteiger partial charge in [-0.1, -0.05) is 42.5 Å². The maximum Gasteiger partial charge on any atom is 0.228 e. The Bertz CT molecular complexity index is 829. The lowest BCUT2D eigenvalue weighted by molar-refractivity contribution is 1.09. The number of nitrogens with zero attached hydrogens (tertiary/aromatic N) is 2. The molecule has 0 aliphatic carbocycles. The standard InChI is InChI=1S/C16H14N4S/c1-10-8-14(15(17)21)20-16(18-10)19-13-7-6-11-4-2-3-5-12(11)9-13/h2-9H,1H3,(H2,17,21)(H,18,19,20). The molecule has 0 saturated carbocycles. The van der Waals surface area contributed by atoms with Gasteiger partial charge in [0.1, 0.15) is 10.7 Å². The van der Waals surface area contributed by atoms with Crippen molar-refractivity contribution in [2.45, 2.75) is 6.92 Å². The van der Waals surface area contributed by atoms with E-state index < -0.39 is 0 Å². The fourth-order valence-electron chi connectivity index (χ4n) is 2.15. The van der Waals surface area contributed by atoms with E-state index in [1.165, 1.54) is 5.39 Å². The van der Waals surface area contributed by atoms with Gasteiger partial charge in [0.05, 0.1) is 0 Å². The Kier molecular flexibility index (Phi) is 3.50. The number of benzene rings is 2. The van der Waals surface area contributed by atoms with Crippen LogP contribution in [0.3, 0.4) is 0 Å². The van der Waals surface area contributed by atoms with Crippen LogP contribution in [-0.4, -0.2) is 15.0 Å². The van der Waals surface area contributed by atoms with Crippen LogP contribution in [0.25, 0.3) is 10.8 Å². The largest absolute Gasteiger partial charge is 0.388 e. The van der Waals surface area contributed by atoms with Gasteiger partial charge in [0.25, 0.3) is 0 Å². The van der Waals surface area contributed by atoms with Gasteiger partial charge in [-0.2, -0.15) is 0 Å². The first-order valence-corrected chi connectivity index (χ1v) is 6.94. The molecule has 0 unspecified atom stereocenters. The predicted octanol–water partition coefficient (Wildman–Crippen LogP) is 3.32. The summed E-state index contributed by atoms with van der Waals surface area (Å²) in [6.07, 6.45) is 0. The molecule has 2 aromatic carbocycles. The minimum atomic E-state index is 0.266. The maximum atomic E-state index is 5.63. The quantitative estimate of drug-likeness (QED) is 0.726. The Hall–Kier alpha value is -2.53. The predicted molar refractivity (Wildman–Crippen MR) is 89.9 cm³/mol. The highest BCUT2D eigenvalue weighted by Crippen LogP contribution is 2.21. The second-order valence-electron chi connectivity index (χ2n) is 4.77. The Labute approximate surface area is 128 Å². The molecule has 3 aromatic rings. The SMILES string of the molecule is Cc1cc(C(N)=S)nc(Nc2ccc3ccccc3c2)n1. The molecule has 21 heavy (non-hydrogen) atoms. The van der Waals surface area contributed by atoms with Crippen LogP contribution in [0.4, 0.5) is 11.6 Å². The van der Waals surface area contributed by atoms with E-state index in [2.05, 4.69) is 39.6 Å². The van der Waals surface area contributed by atoms with Crippen LogP contribution in [-0.2, 0) is 0 Å². The number of aryl methyl sites for hydroxylation is 1. The fraction of sp³-hybridized carbons (Fsp3) is 0.0625. The van der Waals surface area contributed by atoms with Gasteiger partial charge in [-0.15, -0.1) is 0 Å². The Morgan fingerprint density at radius 1 is 1.05 bits per heavy atom. The van der Waals surface area contributed by atoms with Crippen LogP contribution < -0.4 is 11.1 Å². The van der Waals surface area contributed by atoms with Gasteiger partial charge in [0, 0.05) is 11.4 Å². The van der Waals surface area contributed by atoms with Crippen LogP contribution in [0.15, 0.2) is 48.5 Å². The highest BCUT2D eigenvalue weighted by atomic mass is 32.1. The van der Waals surface area contributed by atoms with Crippen LogP contribution in [0.2, 0.25) is 0 Å². The zero-order valence-corrected chi connectivity index (χ0v) is 12.3. The molecule has 0 spiro atoms. The summed E-state index contributed by atoms with van der Waals surface area (Å²) in [6, 6.07) is 16.1. The molecule has 104 valence electrons. The normalized spacial score (nSPS) is 10.5. The van der Waals surface area contributed by atoms with Gasteiger partial charge in [0.15, 0.2) is 0 Å². The van der Waals surface area contributed by atoms with E-state index >= 15 is 0 Å². The number of hydrogen-bond acceptors (Lipinski definition) is 4. The number of hydrogen-bond donors (Lipinski definition) is 2. The van der Waals surface area contributed by atoms with Gasteiger partial charge < -0.3 is 11.1 Å². The van der Waals surface area contributed by atoms with Gasteiger partial charge >= 0.3 is 0 Å². The second kappa shape index (κ2) is 5.46. The number of aromatic nitrogens is 2. The Morgan fingerprint density at radius 3 is 2.57 bits per heavy atom. The van der Waals surface area contributed by atoms with Crippen molar-refractivity contribution in [3.63, 3.8) is 0 Å². The molecular formula is C16H14N4S. The lowest BCUT2D eigenvalue weighted by Gasteiger charge is -2.08. The smallest absolute Gasteiger partial charge is 0.228 e. The number of anilines is 2. The number of nitrogens with one attached hydrogen (secondary N) is 1. The van der Waals surface area contributed by atoms with E-state index in [9.17, 15) is 0 Å². The molecule has 1 heterocycles. The maximum absolute atomic E-state index is 5.63. The molecule has 0 radical (unpaired) electrons. The molecule has 3 N–H and O–H groups in total. The van der Waals surface area contributed by atoms with E-state index in [-0.39, 0.29) is 4.99 Å². The number of thiocarbonyl (C=S) groups is 1. The molecule has 3 rings (SSSR count). The van der Waals surface area contributed by atoms with Crippen LogP contribution in [0.5, 0.6) is 0 Å². The molecular weight excluding hydrogens is 280 g/mol. The first-order chi connectivity index (χ1) is 10.1. The summed E-state index contributed by atoms with van der Waals surface area (Å²) in [5.74, 6) is 0.494. The highest BCUT2D eigenvalue weighted by molar-refractivity contribution is 7.80. The third-order valence-corrected chi connectivity index (χ3v) is 3.32. The van der Waals surface area contributed by atoms with E-state index in [4.69, 9.17) is 18.0 Å². The third-order valence-electron chi connectivity index (χ3n) is 3.11. The molecule has 4 nitrogen and oxygen atoms in total.